The van der Waals surface area contributed by atoms with Crippen LogP contribution in [0.15, 0.2) is 36.4 Å². The van der Waals surface area contributed by atoms with Gasteiger partial charge in [0.05, 0.1) is 0 Å². The van der Waals surface area contributed by atoms with Crippen LogP contribution in [0.4, 0.5) is 8.78 Å². The molecule has 3 heteroatoms. The van der Waals surface area contributed by atoms with Crippen molar-refractivity contribution in [1.82, 2.24) is 0 Å². The van der Waals surface area contributed by atoms with E-state index in [0.29, 0.717) is 0 Å². The molecule has 0 saturated carbocycles. The minimum absolute atomic E-state index is 0.168. The molecule has 2 aromatic rings. The fraction of sp³-hybridized carbons (Fsp3) is 0.400. The van der Waals surface area contributed by atoms with Gasteiger partial charge in [-0.05, 0) is 78.6 Å². The molecular weight excluding hydrogens is 292 g/mol. The largest absolute Gasteiger partial charge is 0.328 e. The second-order valence-corrected chi connectivity index (χ2v) is 6.48. The molecule has 0 bridgehead atoms. The summed E-state index contributed by atoms with van der Waals surface area (Å²) in [6.45, 7) is 2.09. The third kappa shape index (κ3) is 3.45. The third-order valence-corrected chi connectivity index (χ3v) is 4.98. The Morgan fingerprint density at radius 1 is 1.00 bits per heavy atom. The van der Waals surface area contributed by atoms with Crippen molar-refractivity contribution in [3.05, 3.63) is 70.3 Å². The second-order valence-electron chi connectivity index (χ2n) is 6.48. The summed E-state index contributed by atoms with van der Waals surface area (Å²) in [6, 6.07) is 10.3. The minimum Gasteiger partial charge on any atom is -0.328 e. The first-order valence-electron chi connectivity index (χ1n) is 8.40. The molecule has 1 unspecified atom stereocenters. The van der Waals surface area contributed by atoms with E-state index in [2.05, 4.69) is 6.92 Å². The van der Waals surface area contributed by atoms with Gasteiger partial charge in [-0.3, -0.25) is 0 Å². The predicted molar refractivity (Wildman–Crippen MR) is 89.6 cm³/mol. The highest BCUT2D eigenvalue weighted by atomic mass is 19.1. The van der Waals surface area contributed by atoms with Crippen molar-refractivity contribution >= 4 is 0 Å². The average Bonchev–Trinajstić information content (AvgIpc) is 2.69. The predicted octanol–water partition coefficient (Wildman–Crippen LogP) is 4.71. The van der Waals surface area contributed by atoms with Gasteiger partial charge in [-0.1, -0.05) is 19.1 Å². The first kappa shape index (κ1) is 16.1. The number of rotatable bonds is 4. The zero-order chi connectivity index (χ0) is 16.4. The summed E-state index contributed by atoms with van der Waals surface area (Å²) in [6.07, 6.45) is 4.26. The summed E-state index contributed by atoms with van der Waals surface area (Å²) >= 11 is 0. The van der Waals surface area contributed by atoms with Gasteiger partial charge in [0.1, 0.15) is 11.6 Å². The molecule has 1 nitrogen and oxygen atoms in total. The maximum Gasteiger partial charge on any atom is 0.123 e. The van der Waals surface area contributed by atoms with Gasteiger partial charge in [-0.2, -0.15) is 0 Å². The van der Waals surface area contributed by atoms with E-state index in [0.717, 1.165) is 43.2 Å². The van der Waals surface area contributed by atoms with Crippen molar-refractivity contribution in [2.75, 3.05) is 0 Å². The third-order valence-electron chi connectivity index (χ3n) is 4.98. The number of halogens is 2. The van der Waals surface area contributed by atoms with Crippen LogP contribution >= 0.6 is 0 Å². The molecule has 0 heterocycles. The lowest BCUT2D eigenvalue weighted by molar-refractivity contribution is 0.540. The monoisotopic (exact) mass is 315 g/mol. The molecule has 0 radical (unpaired) electrons. The number of aryl methyl sites for hydroxylation is 2. The molecule has 0 amide bonds. The average molecular weight is 315 g/mol. The van der Waals surface area contributed by atoms with Crippen molar-refractivity contribution in [3.63, 3.8) is 0 Å². The van der Waals surface area contributed by atoms with E-state index in [1.54, 1.807) is 12.1 Å². The summed E-state index contributed by atoms with van der Waals surface area (Å²) in [5, 5.41) is 0. The van der Waals surface area contributed by atoms with Crippen molar-refractivity contribution < 1.29 is 8.78 Å². The molecule has 0 aliphatic heterocycles. The van der Waals surface area contributed by atoms with Gasteiger partial charge < -0.3 is 5.73 Å². The van der Waals surface area contributed by atoms with Crippen LogP contribution in [0.3, 0.4) is 0 Å². The number of hydrogen-bond acceptors (Lipinski definition) is 1. The molecule has 0 aromatic heterocycles. The normalized spacial score (nSPS) is 15.7. The fourth-order valence-corrected chi connectivity index (χ4v) is 3.59. The van der Waals surface area contributed by atoms with Crippen molar-refractivity contribution in [1.29, 1.82) is 0 Å². The molecule has 0 fully saturated rings. The molecule has 2 N–H and O–H groups in total. The molecule has 2 aromatic carbocycles. The Kier molecular flexibility index (Phi) is 4.76. The van der Waals surface area contributed by atoms with Crippen molar-refractivity contribution in [2.24, 2.45) is 5.73 Å². The van der Waals surface area contributed by atoms with E-state index in [9.17, 15) is 8.78 Å². The molecule has 0 spiro atoms. The van der Waals surface area contributed by atoms with E-state index >= 15 is 0 Å². The van der Waals surface area contributed by atoms with Crippen LogP contribution in [0.5, 0.6) is 0 Å². The van der Waals surface area contributed by atoms with Crippen LogP contribution in [0.2, 0.25) is 0 Å². The van der Waals surface area contributed by atoms with E-state index in [1.807, 2.05) is 12.1 Å². The molecule has 23 heavy (non-hydrogen) atoms. The summed E-state index contributed by atoms with van der Waals surface area (Å²) in [7, 11) is 0. The first-order valence-corrected chi connectivity index (χ1v) is 8.40. The van der Waals surface area contributed by atoms with E-state index < -0.39 is 0 Å². The maximum absolute atomic E-state index is 13.6. The van der Waals surface area contributed by atoms with Crippen LogP contribution in [0, 0.1) is 11.6 Å². The Hall–Kier alpha value is -1.74. The summed E-state index contributed by atoms with van der Waals surface area (Å²) < 4.78 is 27.3. The lowest BCUT2D eigenvalue weighted by Crippen LogP contribution is -2.19. The maximum atomic E-state index is 13.6. The van der Waals surface area contributed by atoms with Crippen LogP contribution in [-0.2, 0) is 12.8 Å². The number of fused-ring (bicyclic) bond motifs is 2. The highest BCUT2D eigenvalue weighted by molar-refractivity contribution is 5.45. The van der Waals surface area contributed by atoms with Gasteiger partial charge in [0.2, 0.25) is 0 Å². The van der Waals surface area contributed by atoms with Gasteiger partial charge >= 0.3 is 0 Å². The molecule has 122 valence electrons. The first-order chi connectivity index (χ1) is 11.1. The fourth-order valence-electron chi connectivity index (χ4n) is 3.59. The van der Waals surface area contributed by atoms with Crippen LogP contribution in [-0.4, -0.2) is 6.04 Å². The van der Waals surface area contributed by atoms with E-state index in [-0.39, 0.29) is 23.6 Å². The number of hydrogen-bond donors (Lipinski definition) is 1. The Bertz CT molecular complexity index is 643. The van der Waals surface area contributed by atoms with Crippen LogP contribution in [0.1, 0.15) is 54.4 Å². The SMILES string of the molecule is CCC(N)CCC1c2ccc(F)cc2CCc2cc(F)ccc21. The zero-order valence-corrected chi connectivity index (χ0v) is 13.5. The summed E-state index contributed by atoms with van der Waals surface area (Å²) in [5.41, 5.74) is 10.5. The second kappa shape index (κ2) is 6.79. The van der Waals surface area contributed by atoms with Gasteiger partial charge in [0.15, 0.2) is 0 Å². The van der Waals surface area contributed by atoms with Crippen molar-refractivity contribution in [2.45, 2.75) is 51.0 Å². The Morgan fingerprint density at radius 3 is 2.00 bits per heavy atom. The van der Waals surface area contributed by atoms with Gasteiger partial charge in [-0.15, -0.1) is 0 Å². The molecular formula is C20H23F2N. The number of benzene rings is 2. The molecule has 1 aliphatic rings. The summed E-state index contributed by atoms with van der Waals surface area (Å²) in [4.78, 5) is 0. The topological polar surface area (TPSA) is 26.0 Å². The lowest BCUT2D eigenvalue weighted by atomic mass is 9.83. The van der Waals surface area contributed by atoms with E-state index in [1.165, 1.54) is 23.3 Å². The van der Waals surface area contributed by atoms with E-state index in [4.69, 9.17) is 5.73 Å². The quantitative estimate of drug-likeness (QED) is 0.868. The van der Waals surface area contributed by atoms with Gasteiger partial charge in [-0.25, -0.2) is 8.78 Å². The smallest absolute Gasteiger partial charge is 0.123 e. The Balaban J connectivity index is 2.03. The van der Waals surface area contributed by atoms with Crippen LogP contribution < -0.4 is 5.73 Å². The van der Waals surface area contributed by atoms with Gasteiger partial charge in [0, 0.05) is 12.0 Å². The Morgan fingerprint density at radius 2 is 1.52 bits per heavy atom. The Labute approximate surface area is 136 Å². The summed E-state index contributed by atoms with van der Waals surface area (Å²) in [5.74, 6) is -0.240. The van der Waals surface area contributed by atoms with Gasteiger partial charge in [0.25, 0.3) is 0 Å². The highest BCUT2D eigenvalue weighted by Crippen LogP contribution is 2.38. The minimum atomic E-state index is -0.204. The molecule has 3 rings (SSSR count). The molecule has 1 aliphatic carbocycles. The number of nitrogens with two attached hydrogens (primary N) is 1. The zero-order valence-electron chi connectivity index (χ0n) is 13.5. The standard InChI is InChI=1S/C20H23F2N/c1-2-17(23)7-10-20-18-8-5-15(21)11-13(18)3-4-14-12-16(22)6-9-19(14)20/h5-6,8-9,11-12,17,20H,2-4,7,10,23H2,1H3. The van der Waals surface area contributed by atoms with Crippen LogP contribution in [0.25, 0.3) is 0 Å². The molecule has 1 atom stereocenters. The highest BCUT2D eigenvalue weighted by Gasteiger charge is 2.24. The molecule has 0 saturated heterocycles. The van der Waals surface area contributed by atoms with Crippen molar-refractivity contribution in [3.8, 4) is 0 Å². The lowest BCUT2D eigenvalue weighted by Gasteiger charge is -2.22.